The maximum absolute atomic E-state index is 10.9. The standard InChI is InChI=1S/C15H12ClN5O/c16-11-2-1-3-12(9-11)21-13(5-7-19-21)10-4-6-18-14(8-10)20-15(17)22/h1-9H,(H3,17,18,20,22). The molecule has 3 rings (SSSR count). The van der Waals surface area contributed by atoms with Gasteiger partial charge in [-0.2, -0.15) is 5.10 Å². The molecule has 110 valence electrons. The Morgan fingerprint density at radius 1 is 1.18 bits per heavy atom. The fourth-order valence-corrected chi connectivity index (χ4v) is 2.30. The topological polar surface area (TPSA) is 85.8 Å². The summed E-state index contributed by atoms with van der Waals surface area (Å²) in [5, 5.41) is 7.40. The molecular weight excluding hydrogens is 302 g/mol. The monoisotopic (exact) mass is 313 g/mol. The smallest absolute Gasteiger partial charge is 0.317 e. The minimum atomic E-state index is -0.659. The van der Waals surface area contributed by atoms with Crippen molar-refractivity contribution < 1.29 is 4.79 Å². The number of nitrogens with one attached hydrogen (secondary N) is 1. The number of rotatable bonds is 3. The first kappa shape index (κ1) is 14.1. The summed E-state index contributed by atoms with van der Waals surface area (Å²) in [6.07, 6.45) is 3.29. The number of hydrogen-bond acceptors (Lipinski definition) is 3. The Bertz CT molecular complexity index is 830. The lowest BCUT2D eigenvalue weighted by Gasteiger charge is -2.09. The van der Waals surface area contributed by atoms with E-state index in [0.29, 0.717) is 10.8 Å². The van der Waals surface area contributed by atoms with Crippen molar-refractivity contribution >= 4 is 23.4 Å². The number of primary amides is 1. The molecule has 0 spiro atoms. The maximum Gasteiger partial charge on any atom is 0.317 e. The van der Waals surface area contributed by atoms with Crippen LogP contribution >= 0.6 is 11.6 Å². The van der Waals surface area contributed by atoms with E-state index in [1.807, 2.05) is 30.3 Å². The summed E-state index contributed by atoms with van der Waals surface area (Å²) in [6, 6.07) is 12.1. The molecule has 0 radical (unpaired) electrons. The average Bonchev–Trinajstić information content (AvgIpc) is 2.96. The van der Waals surface area contributed by atoms with Crippen LogP contribution in [0.2, 0.25) is 5.02 Å². The lowest BCUT2D eigenvalue weighted by molar-refractivity contribution is 0.259. The third kappa shape index (κ3) is 2.91. The second-order valence-electron chi connectivity index (χ2n) is 4.53. The van der Waals surface area contributed by atoms with E-state index in [1.165, 1.54) is 0 Å². The highest BCUT2D eigenvalue weighted by Gasteiger charge is 2.09. The Morgan fingerprint density at radius 2 is 2.05 bits per heavy atom. The summed E-state index contributed by atoms with van der Waals surface area (Å²) in [4.78, 5) is 15.0. The molecule has 0 saturated heterocycles. The van der Waals surface area contributed by atoms with Crippen LogP contribution in [0.3, 0.4) is 0 Å². The minimum absolute atomic E-state index is 0.379. The van der Waals surface area contributed by atoms with Gasteiger partial charge in [0.1, 0.15) is 5.82 Å². The van der Waals surface area contributed by atoms with Gasteiger partial charge in [-0.15, -0.1) is 0 Å². The highest BCUT2D eigenvalue weighted by Crippen LogP contribution is 2.25. The molecule has 22 heavy (non-hydrogen) atoms. The fraction of sp³-hybridized carbons (Fsp3) is 0. The normalized spacial score (nSPS) is 10.4. The molecule has 2 heterocycles. The first-order valence-corrected chi connectivity index (χ1v) is 6.84. The Hall–Kier alpha value is -2.86. The van der Waals surface area contributed by atoms with Gasteiger partial charge in [0.25, 0.3) is 0 Å². The largest absolute Gasteiger partial charge is 0.351 e. The number of pyridine rings is 1. The van der Waals surface area contributed by atoms with Gasteiger partial charge in [-0.05, 0) is 36.4 Å². The van der Waals surface area contributed by atoms with E-state index in [1.54, 1.807) is 29.2 Å². The van der Waals surface area contributed by atoms with Crippen molar-refractivity contribution in [1.82, 2.24) is 14.8 Å². The van der Waals surface area contributed by atoms with Gasteiger partial charge in [-0.25, -0.2) is 14.5 Å². The predicted molar refractivity (Wildman–Crippen MR) is 85.0 cm³/mol. The highest BCUT2D eigenvalue weighted by molar-refractivity contribution is 6.30. The Kier molecular flexibility index (Phi) is 3.76. The summed E-state index contributed by atoms with van der Waals surface area (Å²) < 4.78 is 1.76. The number of hydrogen-bond donors (Lipinski definition) is 2. The van der Waals surface area contributed by atoms with Crippen LogP contribution in [0.25, 0.3) is 16.9 Å². The van der Waals surface area contributed by atoms with Gasteiger partial charge in [0, 0.05) is 16.8 Å². The molecule has 0 aliphatic rings. The molecule has 3 N–H and O–H groups in total. The van der Waals surface area contributed by atoms with Crippen LogP contribution in [0.4, 0.5) is 10.6 Å². The summed E-state index contributed by atoms with van der Waals surface area (Å²) in [7, 11) is 0. The molecule has 0 aliphatic carbocycles. The summed E-state index contributed by atoms with van der Waals surface area (Å²) in [5.41, 5.74) is 7.64. The molecule has 3 aromatic rings. The molecule has 0 aliphatic heterocycles. The number of aromatic nitrogens is 3. The number of nitrogens with two attached hydrogens (primary N) is 1. The van der Waals surface area contributed by atoms with Gasteiger partial charge in [-0.1, -0.05) is 17.7 Å². The van der Waals surface area contributed by atoms with Crippen molar-refractivity contribution in [3.63, 3.8) is 0 Å². The zero-order valence-electron chi connectivity index (χ0n) is 11.4. The van der Waals surface area contributed by atoms with E-state index < -0.39 is 6.03 Å². The Morgan fingerprint density at radius 3 is 2.82 bits per heavy atom. The van der Waals surface area contributed by atoms with Crippen molar-refractivity contribution in [2.24, 2.45) is 5.73 Å². The van der Waals surface area contributed by atoms with Crippen LogP contribution in [-0.2, 0) is 0 Å². The van der Waals surface area contributed by atoms with Gasteiger partial charge in [-0.3, -0.25) is 5.32 Å². The van der Waals surface area contributed by atoms with Crippen LogP contribution in [-0.4, -0.2) is 20.8 Å². The van der Waals surface area contributed by atoms with Gasteiger partial charge in [0.2, 0.25) is 0 Å². The predicted octanol–water partition coefficient (Wildman–Crippen LogP) is 3.08. The Labute approximate surface area is 131 Å². The molecule has 1 aromatic carbocycles. The lowest BCUT2D eigenvalue weighted by atomic mass is 10.2. The third-order valence-corrected chi connectivity index (χ3v) is 3.24. The molecule has 6 nitrogen and oxygen atoms in total. The van der Waals surface area contributed by atoms with E-state index in [-0.39, 0.29) is 0 Å². The maximum atomic E-state index is 10.9. The summed E-state index contributed by atoms with van der Waals surface area (Å²) >= 11 is 6.03. The molecule has 2 amide bonds. The molecule has 0 atom stereocenters. The number of urea groups is 1. The van der Waals surface area contributed by atoms with Gasteiger partial charge in [0.15, 0.2) is 0 Å². The summed E-state index contributed by atoms with van der Waals surface area (Å²) in [6.45, 7) is 0. The van der Waals surface area contributed by atoms with Gasteiger partial charge < -0.3 is 5.73 Å². The second-order valence-corrected chi connectivity index (χ2v) is 4.96. The SMILES string of the molecule is NC(=O)Nc1cc(-c2ccnn2-c2cccc(Cl)c2)ccn1. The van der Waals surface area contributed by atoms with Crippen molar-refractivity contribution in [3.05, 3.63) is 59.9 Å². The summed E-state index contributed by atoms with van der Waals surface area (Å²) in [5.74, 6) is 0.379. The number of halogens is 1. The van der Waals surface area contributed by atoms with Crippen LogP contribution in [0.15, 0.2) is 54.9 Å². The van der Waals surface area contributed by atoms with E-state index in [0.717, 1.165) is 16.9 Å². The van der Waals surface area contributed by atoms with Crippen LogP contribution < -0.4 is 11.1 Å². The molecule has 0 fully saturated rings. The number of carbonyl (C=O) groups is 1. The van der Waals surface area contributed by atoms with Crippen molar-refractivity contribution in [2.45, 2.75) is 0 Å². The quantitative estimate of drug-likeness (QED) is 0.779. The second kappa shape index (κ2) is 5.87. The number of anilines is 1. The molecule has 2 aromatic heterocycles. The molecule has 0 bridgehead atoms. The number of benzene rings is 1. The molecule has 7 heteroatoms. The van der Waals surface area contributed by atoms with Crippen molar-refractivity contribution in [1.29, 1.82) is 0 Å². The van der Waals surface area contributed by atoms with E-state index in [2.05, 4.69) is 15.4 Å². The average molecular weight is 314 g/mol. The van der Waals surface area contributed by atoms with Crippen molar-refractivity contribution in [2.75, 3.05) is 5.32 Å². The zero-order valence-corrected chi connectivity index (χ0v) is 12.2. The van der Waals surface area contributed by atoms with E-state index >= 15 is 0 Å². The van der Waals surface area contributed by atoms with Gasteiger partial charge in [0.05, 0.1) is 17.6 Å². The molecule has 0 unspecified atom stereocenters. The minimum Gasteiger partial charge on any atom is -0.351 e. The van der Waals surface area contributed by atoms with Crippen LogP contribution in [0.1, 0.15) is 0 Å². The Balaban J connectivity index is 2.03. The third-order valence-electron chi connectivity index (χ3n) is 3.00. The highest BCUT2D eigenvalue weighted by atomic mass is 35.5. The van der Waals surface area contributed by atoms with E-state index in [4.69, 9.17) is 17.3 Å². The number of amides is 2. The molecule has 0 saturated carbocycles. The van der Waals surface area contributed by atoms with Crippen LogP contribution in [0, 0.1) is 0 Å². The van der Waals surface area contributed by atoms with E-state index in [9.17, 15) is 4.79 Å². The van der Waals surface area contributed by atoms with Crippen molar-refractivity contribution in [3.8, 4) is 16.9 Å². The molecular formula is C15H12ClN5O. The number of carbonyl (C=O) groups excluding carboxylic acids is 1. The first-order valence-electron chi connectivity index (χ1n) is 6.46. The lowest BCUT2D eigenvalue weighted by Crippen LogP contribution is -2.19. The first-order chi connectivity index (χ1) is 10.6. The number of nitrogens with zero attached hydrogens (tertiary/aromatic N) is 3. The fourth-order valence-electron chi connectivity index (χ4n) is 2.12. The van der Waals surface area contributed by atoms with Crippen LogP contribution in [0.5, 0.6) is 0 Å². The van der Waals surface area contributed by atoms with Gasteiger partial charge >= 0.3 is 6.03 Å². The zero-order chi connectivity index (χ0) is 15.5.